The lowest BCUT2D eigenvalue weighted by Gasteiger charge is -2.18. The molecular weight excluding hydrogens is 528 g/mol. The van der Waals surface area contributed by atoms with E-state index in [0.29, 0.717) is 25.2 Å². The number of rotatable bonds is 31. The van der Waals surface area contributed by atoms with Gasteiger partial charge in [-0.25, -0.2) is 0 Å². The Morgan fingerprint density at radius 1 is 0.452 bits per heavy atom. The Bertz CT molecular complexity index is 632. The molecule has 1 unspecified atom stereocenters. The van der Waals surface area contributed by atoms with Gasteiger partial charge in [0, 0.05) is 19.3 Å². The van der Waals surface area contributed by atoms with Crippen molar-refractivity contribution in [1.82, 2.24) is 0 Å². The molecule has 6 heteroatoms. The van der Waals surface area contributed by atoms with Gasteiger partial charge in [-0.15, -0.1) is 0 Å². The lowest BCUT2D eigenvalue weighted by Crippen LogP contribution is -2.30. The van der Waals surface area contributed by atoms with Gasteiger partial charge in [-0.2, -0.15) is 0 Å². The highest BCUT2D eigenvalue weighted by Gasteiger charge is 2.19. The Morgan fingerprint density at radius 3 is 1.17 bits per heavy atom. The van der Waals surface area contributed by atoms with Gasteiger partial charge >= 0.3 is 17.9 Å². The van der Waals surface area contributed by atoms with E-state index < -0.39 is 6.10 Å². The molecular formula is C36H68O6. The highest BCUT2D eigenvalue weighted by atomic mass is 16.6. The zero-order valence-corrected chi connectivity index (χ0v) is 28.2. The molecule has 0 aliphatic rings. The van der Waals surface area contributed by atoms with Crippen molar-refractivity contribution in [3.63, 3.8) is 0 Å². The van der Waals surface area contributed by atoms with Crippen LogP contribution in [0.4, 0.5) is 0 Å². The maximum absolute atomic E-state index is 12.5. The number of esters is 3. The van der Waals surface area contributed by atoms with Gasteiger partial charge in [-0.1, -0.05) is 150 Å². The minimum atomic E-state index is -0.756. The molecule has 248 valence electrons. The van der Waals surface area contributed by atoms with E-state index in [-0.39, 0.29) is 31.1 Å². The summed E-state index contributed by atoms with van der Waals surface area (Å²) in [6.45, 7) is 8.73. The van der Waals surface area contributed by atoms with Crippen LogP contribution < -0.4 is 0 Å². The third-order valence-corrected chi connectivity index (χ3v) is 7.79. The summed E-state index contributed by atoms with van der Waals surface area (Å²) in [7, 11) is 0. The number of hydrogen-bond donors (Lipinski definition) is 0. The van der Waals surface area contributed by atoms with Gasteiger partial charge < -0.3 is 14.2 Å². The first kappa shape index (κ1) is 40.4. The molecule has 0 aromatic carbocycles. The fourth-order valence-electron chi connectivity index (χ4n) is 5.04. The largest absolute Gasteiger partial charge is 0.462 e. The Labute approximate surface area is 259 Å². The molecule has 0 aliphatic heterocycles. The van der Waals surface area contributed by atoms with E-state index in [4.69, 9.17) is 14.2 Å². The van der Waals surface area contributed by atoms with Crippen LogP contribution >= 0.6 is 0 Å². The Kier molecular flexibility index (Phi) is 29.7. The third-order valence-electron chi connectivity index (χ3n) is 7.79. The molecule has 0 saturated carbocycles. The van der Waals surface area contributed by atoms with Crippen LogP contribution in [-0.2, 0) is 28.6 Å². The first-order chi connectivity index (χ1) is 20.4. The van der Waals surface area contributed by atoms with E-state index in [1.807, 2.05) is 0 Å². The van der Waals surface area contributed by atoms with Gasteiger partial charge in [-0.05, 0) is 25.2 Å². The Hall–Kier alpha value is -1.59. The average molecular weight is 597 g/mol. The van der Waals surface area contributed by atoms with Gasteiger partial charge in [0.15, 0.2) is 6.10 Å². The number of carbonyl (C=O) groups is 3. The van der Waals surface area contributed by atoms with E-state index in [1.54, 1.807) is 0 Å². The normalized spacial score (nSPS) is 11.9. The minimum absolute atomic E-state index is 0.0680. The summed E-state index contributed by atoms with van der Waals surface area (Å²) in [6.07, 6.45) is 25.6. The van der Waals surface area contributed by atoms with Crippen LogP contribution in [0, 0.1) is 5.92 Å². The minimum Gasteiger partial charge on any atom is -0.462 e. The summed E-state index contributed by atoms with van der Waals surface area (Å²) in [4.78, 5) is 37.1. The van der Waals surface area contributed by atoms with Crippen LogP contribution in [0.25, 0.3) is 0 Å². The molecule has 0 radical (unpaired) electrons. The lowest BCUT2D eigenvalue weighted by atomic mass is 10.0. The van der Waals surface area contributed by atoms with E-state index in [2.05, 4.69) is 27.7 Å². The van der Waals surface area contributed by atoms with Crippen molar-refractivity contribution in [2.45, 2.75) is 194 Å². The SMILES string of the molecule is CCCCCCCCCCCC(=O)OCC(COC(=O)CCCCCC(C)C)OC(=O)CCCCCCCCCCC. The molecule has 0 aromatic rings. The summed E-state index contributed by atoms with van der Waals surface area (Å²) >= 11 is 0. The number of ether oxygens (including phenoxy) is 3. The zero-order chi connectivity index (χ0) is 31.1. The third kappa shape index (κ3) is 29.9. The van der Waals surface area contributed by atoms with Crippen LogP contribution in [0.2, 0.25) is 0 Å². The monoisotopic (exact) mass is 597 g/mol. The Balaban J connectivity index is 4.35. The molecule has 0 rings (SSSR count). The first-order valence-electron chi connectivity index (χ1n) is 17.9. The first-order valence-corrected chi connectivity index (χ1v) is 17.9. The molecule has 0 amide bonds. The van der Waals surface area contributed by atoms with Crippen LogP contribution in [0.3, 0.4) is 0 Å². The van der Waals surface area contributed by atoms with E-state index in [9.17, 15) is 14.4 Å². The van der Waals surface area contributed by atoms with E-state index in [1.165, 1.54) is 77.0 Å². The van der Waals surface area contributed by atoms with Crippen molar-refractivity contribution in [3.8, 4) is 0 Å². The van der Waals surface area contributed by atoms with Crippen molar-refractivity contribution < 1.29 is 28.6 Å². The van der Waals surface area contributed by atoms with Gasteiger partial charge in [0.05, 0.1) is 0 Å². The zero-order valence-electron chi connectivity index (χ0n) is 28.2. The van der Waals surface area contributed by atoms with Crippen LogP contribution in [0.1, 0.15) is 188 Å². The van der Waals surface area contributed by atoms with Gasteiger partial charge in [0.1, 0.15) is 13.2 Å². The van der Waals surface area contributed by atoms with E-state index in [0.717, 1.165) is 64.2 Å². The number of carbonyl (C=O) groups excluding carboxylic acids is 3. The fourth-order valence-corrected chi connectivity index (χ4v) is 5.04. The maximum Gasteiger partial charge on any atom is 0.306 e. The van der Waals surface area contributed by atoms with Crippen molar-refractivity contribution in [2.75, 3.05) is 13.2 Å². The predicted molar refractivity (Wildman–Crippen MR) is 173 cm³/mol. The number of hydrogen-bond acceptors (Lipinski definition) is 6. The molecule has 0 spiro atoms. The van der Waals surface area contributed by atoms with Crippen molar-refractivity contribution in [1.29, 1.82) is 0 Å². The van der Waals surface area contributed by atoms with Crippen molar-refractivity contribution in [3.05, 3.63) is 0 Å². The molecule has 6 nitrogen and oxygen atoms in total. The van der Waals surface area contributed by atoms with Gasteiger partial charge in [-0.3, -0.25) is 14.4 Å². The van der Waals surface area contributed by atoms with Crippen LogP contribution in [-0.4, -0.2) is 37.2 Å². The number of unbranched alkanes of at least 4 members (excludes halogenated alkanes) is 18. The molecule has 1 atom stereocenters. The van der Waals surface area contributed by atoms with Gasteiger partial charge in [0.2, 0.25) is 0 Å². The molecule has 0 N–H and O–H groups in total. The Morgan fingerprint density at radius 2 is 0.786 bits per heavy atom. The molecule has 0 saturated heterocycles. The molecule has 0 aliphatic carbocycles. The molecule has 42 heavy (non-hydrogen) atoms. The van der Waals surface area contributed by atoms with Crippen LogP contribution in [0.15, 0.2) is 0 Å². The topological polar surface area (TPSA) is 78.9 Å². The summed E-state index contributed by atoms with van der Waals surface area (Å²) in [5.74, 6) is -0.219. The summed E-state index contributed by atoms with van der Waals surface area (Å²) in [5, 5.41) is 0. The summed E-state index contributed by atoms with van der Waals surface area (Å²) in [5.41, 5.74) is 0. The van der Waals surface area contributed by atoms with Crippen molar-refractivity contribution in [2.24, 2.45) is 5.92 Å². The quantitative estimate of drug-likeness (QED) is 0.0450. The second kappa shape index (κ2) is 30.9. The standard InChI is InChI=1S/C36H68O6/c1-5-7-9-11-13-15-17-19-23-27-34(37)40-30-33(31-41-35(38)28-25-21-22-26-32(3)4)42-36(39)29-24-20-18-16-14-12-10-8-6-2/h32-33H,5-31H2,1-4H3. The van der Waals surface area contributed by atoms with E-state index >= 15 is 0 Å². The van der Waals surface area contributed by atoms with Crippen molar-refractivity contribution >= 4 is 17.9 Å². The van der Waals surface area contributed by atoms with Gasteiger partial charge in [0.25, 0.3) is 0 Å². The molecule has 0 heterocycles. The molecule has 0 fully saturated rings. The highest BCUT2D eigenvalue weighted by molar-refractivity contribution is 5.71. The summed E-state index contributed by atoms with van der Waals surface area (Å²) < 4.78 is 16.4. The fraction of sp³-hybridized carbons (Fsp3) is 0.917. The summed E-state index contributed by atoms with van der Waals surface area (Å²) in [6, 6.07) is 0. The second-order valence-electron chi connectivity index (χ2n) is 12.6. The van der Waals surface area contributed by atoms with Crippen LogP contribution in [0.5, 0.6) is 0 Å². The smallest absolute Gasteiger partial charge is 0.306 e. The predicted octanol–water partition coefficient (Wildman–Crippen LogP) is 10.4. The second-order valence-corrected chi connectivity index (χ2v) is 12.6. The highest BCUT2D eigenvalue weighted by Crippen LogP contribution is 2.14. The molecule has 0 bridgehead atoms. The lowest BCUT2D eigenvalue weighted by molar-refractivity contribution is -0.167. The average Bonchev–Trinajstić information content (AvgIpc) is 2.96. The molecule has 0 aromatic heterocycles. The maximum atomic E-state index is 12.5.